The number of aryl methyl sites for hydroxylation is 3. The number of benzene rings is 3. The molecule has 164 valence electrons. The number of aromatic amines is 1. The van der Waals surface area contributed by atoms with Gasteiger partial charge in [-0.2, -0.15) is 0 Å². The number of para-hydroxylation sites is 1. The summed E-state index contributed by atoms with van der Waals surface area (Å²) in [6.07, 6.45) is 1.82. The molecule has 5 nitrogen and oxygen atoms in total. The van der Waals surface area contributed by atoms with Gasteiger partial charge in [0.25, 0.3) is 11.7 Å². The number of carbonyl (C=O) groups excluding carboxylic acids is 2. The van der Waals surface area contributed by atoms with Crippen molar-refractivity contribution in [2.45, 2.75) is 26.8 Å². The molecule has 0 radical (unpaired) electrons. The van der Waals surface area contributed by atoms with E-state index in [2.05, 4.69) is 4.98 Å². The van der Waals surface area contributed by atoms with Gasteiger partial charge in [-0.25, -0.2) is 0 Å². The van der Waals surface area contributed by atoms with E-state index in [1.54, 1.807) is 0 Å². The molecule has 1 amide bonds. The van der Waals surface area contributed by atoms with Crippen molar-refractivity contribution in [3.8, 4) is 0 Å². The largest absolute Gasteiger partial charge is 0.507 e. The van der Waals surface area contributed by atoms with E-state index in [1.165, 1.54) is 4.90 Å². The van der Waals surface area contributed by atoms with Crippen LogP contribution in [0.2, 0.25) is 0 Å². The maximum Gasteiger partial charge on any atom is 0.300 e. The lowest BCUT2D eigenvalue weighted by Gasteiger charge is -2.25. The summed E-state index contributed by atoms with van der Waals surface area (Å²) in [4.78, 5) is 31.5. The number of fused-ring (bicyclic) bond motifs is 1. The summed E-state index contributed by atoms with van der Waals surface area (Å²) in [5.74, 6) is -1.49. The molecule has 5 rings (SSSR count). The molecule has 3 aromatic carbocycles. The average Bonchev–Trinajstić information content (AvgIpc) is 3.34. The molecule has 1 unspecified atom stereocenters. The first-order valence-electron chi connectivity index (χ1n) is 10.9. The molecule has 1 aromatic heterocycles. The van der Waals surface area contributed by atoms with Gasteiger partial charge in [0.05, 0.1) is 11.6 Å². The van der Waals surface area contributed by atoms with E-state index in [1.807, 2.05) is 93.7 Å². The Balaban J connectivity index is 1.82. The maximum atomic E-state index is 13.4. The van der Waals surface area contributed by atoms with Gasteiger partial charge in [0.1, 0.15) is 5.76 Å². The summed E-state index contributed by atoms with van der Waals surface area (Å²) in [7, 11) is 0. The predicted octanol–water partition coefficient (Wildman–Crippen LogP) is 5.72. The quantitative estimate of drug-likeness (QED) is 0.245. The minimum Gasteiger partial charge on any atom is -0.507 e. The molecule has 0 saturated carbocycles. The molecule has 5 heteroatoms. The number of aliphatic hydroxyl groups is 1. The van der Waals surface area contributed by atoms with E-state index in [-0.39, 0.29) is 11.3 Å². The molecule has 2 heterocycles. The Bertz CT molecular complexity index is 1460. The Morgan fingerprint density at radius 1 is 0.909 bits per heavy atom. The summed E-state index contributed by atoms with van der Waals surface area (Å²) in [5, 5.41) is 12.3. The highest BCUT2D eigenvalue weighted by Crippen LogP contribution is 2.44. The molecule has 0 bridgehead atoms. The Morgan fingerprint density at radius 2 is 1.67 bits per heavy atom. The van der Waals surface area contributed by atoms with Crippen LogP contribution >= 0.6 is 0 Å². The molecule has 0 spiro atoms. The number of ketones is 1. The molecule has 1 saturated heterocycles. The van der Waals surface area contributed by atoms with E-state index in [4.69, 9.17) is 0 Å². The van der Waals surface area contributed by atoms with Gasteiger partial charge in [-0.1, -0.05) is 48.0 Å². The van der Waals surface area contributed by atoms with E-state index < -0.39 is 17.7 Å². The number of aliphatic hydroxyl groups excluding tert-OH is 1. The van der Waals surface area contributed by atoms with Gasteiger partial charge in [0, 0.05) is 33.9 Å². The van der Waals surface area contributed by atoms with Gasteiger partial charge in [-0.15, -0.1) is 0 Å². The fourth-order valence-electron chi connectivity index (χ4n) is 4.63. The summed E-state index contributed by atoms with van der Waals surface area (Å²) in [6, 6.07) is 20.2. The third-order valence-corrected chi connectivity index (χ3v) is 6.29. The Labute approximate surface area is 192 Å². The highest BCUT2D eigenvalue weighted by Gasteiger charge is 2.47. The number of aromatic nitrogens is 1. The number of carbonyl (C=O) groups is 2. The standard InChI is InChI=1S/C28H24N2O3/c1-16-7-6-8-19(13-16)30-25(22-15-29-23-10-5-4-9-20(22)23)24(27(32)28(30)33)26(31)21-14-17(2)11-12-18(21)3/h4-15,25,29,31H,1-3H3/b26-24+. The van der Waals surface area contributed by atoms with Crippen molar-refractivity contribution in [1.82, 2.24) is 4.98 Å². The average molecular weight is 437 g/mol. The van der Waals surface area contributed by atoms with E-state index in [0.29, 0.717) is 11.3 Å². The van der Waals surface area contributed by atoms with Crippen molar-refractivity contribution in [3.63, 3.8) is 0 Å². The molecule has 1 aliphatic heterocycles. The summed E-state index contributed by atoms with van der Waals surface area (Å²) < 4.78 is 0. The predicted molar refractivity (Wildman–Crippen MR) is 130 cm³/mol. The van der Waals surface area contributed by atoms with Crippen molar-refractivity contribution in [1.29, 1.82) is 0 Å². The van der Waals surface area contributed by atoms with Gasteiger partial charge in [0.2, 0.25) is 0 Å². The summed E-state index contributed by atoms with van der Waals surface area (Å²) >= 11 is 0. The molecular weight excluding hydrogens is 412 g/mol. The fourth-order valence-corrected chi connectivity index (χ4v) is 4.63. The van der Waals surface area contributed by atoms with Crippen LogP contribution in [0.3, 0.4) is 0 Å². The van der Waals surface area contributed by atoms with Crippen LogP contribution in [0, 0.1) is 20.8 Å². The number of hydrogen-bond acceptors (Lipinski definition) is 3. The van der Waals surface area contributed by atoms with E-state index in [9.17, 15) is 14.7 Å². The zero-order valence-electron chi connectivity index (χ0n) is 18.7. The third-order valence-electron chi connectivity index (χ3n) is 6.29. The van der Waals surface area contributed by atoms with Gasteiger partial charge in [-0.3, -0.25) is 14.5 Å². The molecule has 4 aromatic rings. The topological polar surface area (TPSA) is 73.4 Å². The highest BCUT2D eigenvalue weighted by molar-refractivity contribution is 6.52. The second-order valence-corrected chi connectivity index (χ2v) is 8.62. The lowest BCUT2D eigenvalue weighted by molar-refractivity contribution is -0.132. The number of rotatable bonds is 3. The molecule has 1 atom stereocenters. The fraction of sp³-hybridized carbons (Fsp3) is 0.143. The van der Waals surface area contributed by atoms with Crippen LogP contribution in [0.4, 0.5) is 5.69 Å². The SMILES string of the molecule is Cc1cccc(N2C(=O)C(=O)/C(=C(/O)c3cc(C)ccc3C)C2c2c[nH]c3ccccc23)c1. The van der Waals surface area contributed by atoms with Crippen molar-refractivity contribution in [2.75, 3.05) is 4.90 Å². The van der Waals surface area contributed by atoms with Gasteiger partial charge < -0.3 is 10.1 Å². The number of anilines is 1. The zero-order chi connectivity index (χ0) is 23.3. The lowest BCUT2D eigenvalue weighted by atomic mass is 9.93. The molecule has 1 aliphatic rings. The molecule has 33 heavy (non-hydrogen) atoms. The highest BCUT2D eigenvalue weighted by atomic mass is 16.3. The second-order valence-electron chi connectivity index (χ2n) is 8.62. The normalized spacial score (nSPS) is 17.8. The van der Waals surface area contributed by atoms with Crippen LogP contribution in [0.5, 0.6) is 0 Å². The molecule has 2 N–H and O–H groups in total. The minimum atomic E-state index is -0.761. The Morgan fingerprint density at radius 3 is 2.45 bits per heavy atom. The number of Topliss-reactive ketones (excluding diaryl/α,β-unsaturated/α-hetero) is 1. The van der Waals surface area contributed by atoms with Crippen LogP contribution in [0.25, 0.3) is 16.7 Å². The summed E-state index contributed by atoms with van der Waals surface area (Å²) in [5.41, 5.74) is 5.69. The third kappa shape index (κ3) is 3.33. The smallest absolute Gasteiger partial charge is 0.300 e. The van der Waals surface area contributed by atoms with Crippen LogP contribution in [0.1, 0.15) is 33.9 Å². The van der Waals surface area contributed by atoms with Gasteiger partial charge in [0.15, 0.2) is 0 Å². The molecular formula is C28H24N2O3. The van der Waals surface area contributed by atoms with Crippen LogP contribution in [0.15, 0.2) is 78.5 Å². The number of amides is 1. The first-order valence-corrected chi connectivity index (χ1v) is 10.9. The number of nitrogens with zero attached hydrogens (tertiary/aromatic N) is 1. The number of hydrogen-bond donors (Lipinski definition) is 2. The monoisotopic (exact) mass is 436 g/mol. The maximum absolute atomic E-state index is 13.4. The van der Waals surface area contributed by atoms with Gasteiger partial charge in [-0.05, 0) is 56.2 Å². The van der Waals surface area contributed by atoms with Crippen molar-refractivity contribution < 1.29 is 14.7 Å². The Kier molecular flexibility index (Phi) is 4.90. The van der Waals surface area contributed by atoms with Crippen LogP contribution in [-0.2, 0) is 9.59 Å². The summed E-state index contributed by atoms with van der Waals surface area (Å²) in [6.45, 7) is 5.75. The van der Waals surface area contributed by atoms with Gasteiger partial charge >= 0.3 is 0 Å². The van der Waals surface area contributed by atoms with Crippen molar-refractivity contribution in [2.24, 2.45) is 0 Å². The van der Waals surface area contributed by atoms with Crippen LogP contribution in [-0.4, -0.2) is 21.8 Å². The van der Waals surface area contributed by atoms with Crippen molar-refractivity contribution in [3.05, 3.63) is 106 Å². The number of H-pyrrole nitrogens is 1. The zero-order valence-corrected chi connectivity index (χ0v) is 18.7. The number of nitrogens with one attached hydrogen (secondary N) is 1. The first kappa shape index (κ1) is 20.8. The second kappa shape index (κ2) is 7.78. The first-order chi connectivity index (χ1) is 15.9. The van der Waals surface area contributed by atoms with Crippen molar-refractivity contribution >= 4 is 34.0 Å². The lowest BCUT2D eigenvalue weighted by Crippen LogP contribution is -2.29. The van der Waals surface area contributed by atoms with E-state index in [0.717, 1.165) is 33.2 Å². The Hall–Kier alpha value is -4.12. The van der Waals surface area contributed by atoms with Crippen LogP contribution < -0.4 is 4.90 Å². The minimum absolute atomic E-state index is 0.0972. The molecule has 0 aliphatic carbocycles. The molecule has 1 fully saturated rings. The van der Waals surface area contributed by atoms with E-state index >= 15 is 0 Å².